The van der Waals surface area contributed by atoms with Crippen LogP contribution in [0.5, 0.6) is 0 Å². The van der Waals surface area contributed by atoms with Crippen molar-refractivity contribution in [1.82, 2.24) is 9.88 Å². The number of alkyl halides is 3. The lowest BCUT2D eigenvalue weighted by Crippen LogP contribution is -2.27. The van der Waals surface area contributed by atoms with Crippen LogP contribution in [0.1, 0.15) is 28.0 Å². The summed E-state index contributed by atoms with van der Waals surface area (Å²) < 4.78 is 45.4. The molecule has 1 amide bonds. The van der Waals surface area contributed by atoms with E-state index >= 15 is 0 Å². The number of H-pyrrole nitrogens is 1. The molecule has 6 nitrogen and oxygen atoms in total. The molecule has 3 rings (SSSR count). The Morgan fingerprint density at radius 2 is 2.00 bits per heavy atom. The number of rotatable bonds is 5. The number of aromatic nitrogens is 1. The minimum Gasteiger partial charge on any atom is -0.380 e. The molecule has 1 aromatic carbocycles. The molecule has 3 N–H and O–H groups in total. The molecule has 9 heteroatoms. The summed E-state index contributed by atoms with van der Waals surface area (Å²) in [6.45, 7) is 2.35. The first-order valence-electron chi connectivity index (χ1n) is 8.68. The van der Waals surface area contributed by atoms with E-state index in [4.69, 9.17) is 10.5 Å². The molecule has 0 saturated carbocycles. The van der Waals surface area contributed by atoms with Gasteiger partial charge in [0.15, 0.2) is 0 Å². The SMILES string of the molecule is CO[C@@H]1CCN(Cc2ccc(-c3cc(C(N)=O)c(=O)[nH]c3C(F)(F)F)cc2)C1. The van der Waals surface area contributed by atoms with E-state index in [1.165, 1.54) is 12.1 Å². The van der Waals surface area contributed by atoms with Crippen LogP contribution in [-0.4, -0.2) is 42.1 Å². The third kappa shape index (κ3) is 4.26. The number of hydrogen-bond acceptors (Lipinski definition) is 4. The van der Waals surface area contributed by atoms with Crippen LogP contribution in [0.15, 0.2) is 35.1 Å². The molecule has 0 spiro atoms. The largest absolute Gasteiger partial charge is 0.431 e. The fourth-order valence-electron chi connectivity index (χ4n) is 3.35. The molecule has 2 heterocycles. The molecule has 1 atom stereocenters. The highest BCUT2D eigenvalue weighted by molar-refractivity contribution is 5.93. The fourth-order valence-corrected chi connectivity index (χ4v) is 3.35. The Balaban J connectivity index is 1.91. The van der Waals surface area contributed by atoms with E-state index in [1.54, 1.807) is 24.2 Å². The van der Waals surface area contributed by atoms with Crippen LogP contribution in [0.3, 0.4) is 0 Å². The van der Waals surface area contributed by atoms with E-state index in [2.05, 4.69) is 4.90 Å². The number of aromatic amines is 1. The average Bonchev–Trinajstić information content (AvgIpc) is 3.09. The standard InChI is InChI=1S/C19H20F3N3O3/c1-28-13-6-7-25(10-13)9-11-2-4-12(5-3-11)14-8-15(17(23)26)18(27)24-16(14)19(20,21)22/h2-5,8,13H,6-7,9-10H2,1H3,(H2,23,26)(H,24,27)/t13-/m1/s1. The van der Waals surface area contributed by atoms with E-state index in [-0.39, 0.29) is 17.2 Å². The minimum atomic E-state index is -4.78. The van der Waals surface area contributed by atoms with Crippen molar-refractivity contribution in [3.05, 3.63) is 57.5 Å². The van der Waals surface area contributed by atoms with E-state index in [1.807, 2.05) is 0 Å². The number of carbonyl (C=O) groups is 1. The van der Waals surface area contributed by atoms with Crippen molar-refractivity contribution in [3.8, 4) is 11.1 Å². The number of nitrogens with two attached hydrogens (primary N) is 1. The predicted molar refractivity (Wildman–Crippen MR) is 96.7 cm³/mol. The number of benzene rings is 1. The maximum Gasteiger partial charge on any atom is 0.431 e. The maximum atomic E-state index is 13.4. The molecule has 0 unspecified atom stereocenters. The monoisotopic (exact) mass is 395 g/mol. The molecule has 28 heavy (non-hydrogen) atoms. The van der Waals surface area contributed by atoms with Gasteiger partial charge in [0.05, 0.1) is 6.10 Å². The summed E-state index contributed by atoms with van der Waals surface area (Å²) in [7, 11) is 1.67. The first-order chi connectivity index (χ1) is 13.2. The third-order valence-electron chi connectivity index (χ3n) is 4.82. The van der Waals surface area contributed by atoms with Crippen LogP contribution in [0.2, 0.25) is 0 Å². The van der Waals surface area contributed by atoms with Gasteiger partial charge in [-0.15, -0.1) is 0 Å². The van der Waals surface area contributed by atoms with Crippen molar-refractivity contribution in [1.29, 1.82) is 0 Å². The van der Waals surface area contributed by atoms with Crippen molar-refractivity contribution < 1.29 is 22.7 Å². The van der Waals surface area contributed by atoms with Gasteiger partial charge in [-0.05, 0) is 23.6 Å². The molecule has 1 aliphatic rings. The molecule has 1 aromatic heterocycles. The number of hydrogen-bond donors (Lipinski definition) is 2. The Labute approximate surface area is 159 Å². The summed E-state index contributed by atoms with van der Waals surface area (Å²) in [5.74, 6) is -1.09. The lowest BCUT2D eigenvalue weighted by molar-refractivity contribution is -0.140. The Hall–Kier alpha value is -2.65. The van der Waals surface area contributed by atoms with E-state index in [9.17, 15) is 22.8 Å². The van der Waals surface area contributed by atoms with Crippen molar-refractivity contribution in [3.63, 3.8) is 0 Å². The summed E-state index contributed by atoms with van der Waals surface area (Å²) >= 11 is 0. The van der Waals surface area contributed by atoms with Gasteiger partial charge in [-0.2, -0.15) is 13.2 Å². The van der Waals surface area contributed by atoms with Gasteiger partial charge in [0.1, 0.15) is 11.3 Å². The molecule has 1 saturated heterocycles. The quantitative estimate of drug-likeness (QED) is 0.814. The topological polar surface area (TPSA) is 88.4 Å². The molecule has 1 aliphatic heterocycles. The fraction of sp³-hybridized carbons (Fsp3) is 0.368. The number of amides is 1. The van der Waals surface area contributed by atoms with Crippen molar-refractivity contribution in [2.75, 3.05) is 20.2 Å². The second-order valence-corrected chi connectivity index (χ2v) is 6.74. The third-order valence-corrected chi connectivity index (χ3v) is 4.82. The summed E-state index contributed by atoms with van der Waals surface area (Å²) in [5, 5.41) is 0. The zero-order chi connectivity index (χ0) is 20.5. The molecule has 2 aromatic rings. The minimum absolute atomic E-state index is 0.196. The Kier molecular flexibility index (Phi) is 5.57. The number of methoxy groups -OCH3 is 1. The van der Waals surface area contributed by atoms with Gasteiger partial charge in [0.25, 0.3) is 11.5 Å². The first-order valence-corrected chi connectivity index (χ1v) is 8.68. The first kappa shape index (κ1) is 20.1. The molecule has 1 fully saturated rings. The van der Waals surface area contributed by atoms with Crippen LogP contribution in [0.4, 0.5) is 13.2 Å². The van der Waals surface area contributed by atoms with Gasteiger partial charge < -0.3 is 15.5 Å². The molecule has 0 bridgehead atoms. The molecule has 0 aliphatic carbocycles. The van der Waals surface area contributed by atoms with E-state index < -0.39 is 28.9 Å². The smallest absolute Gasteiger partial charge is 0.380 e. The number of halogens is 3. The highest BCUT2D eigenvalue weighted by atomic mass is 19.4. The summed E-state index contributed by atoms with van der Waals surface area (Å²) in [6, 6.07) is 7.41. The van der Waals surface area contributed by atoms with Gasteiger partial charge >= 0.3 is 6.18 Å². The molecule has 150 valence electrons. The summed E-state index contributed by atoms with van der Waals surface area (Å²) in [4.78, 5) is 27.1. The second-order valence-electron chi connectivity index (χ2n) is 6.74. The normalized spacial score (nSPS) is 17.8. The maximum absolute atomic E-state index is 13.4. The summed E-state index contributed by atoms with van der Waals surface area (Å²) in [5.41, 5.74) is 3.08. The number of nitrogens with zero attached hydrogens (tertiary/aromatic N) is 1. The number of nitrogens with one attached hydrogen (secondary N) is 1. The Morgan fingerprint density at radius 1 is 1.32 bits per heavy atom. The van der Waals surface area contributed by atoms with Crippen LogP contribution in [-0.2, 0) is 17.5 Å². The highest BCUT2D eigenvalue weighted by Gasteiger charge is 2.36. The lowest BCUT2D eigenvalue weighted by atomic mass is 10.00. The van der Waals surface area contributed by atoms with Crippen LogP contribution < -0.4 is 11.3 Å². The lowest BCUT2D eigenvalue weighted by Gasteiger charge is -2.17. The van der Waals surface area contributed by atoms with E-state index in [0.29, 0.717) is 6.54 Å². The number of primary amides is 1. The number of ether oxygens (including phenoxy) is 1. The van der Waals surface area contributed by atoms with Crippen molar-refractivity contribution in [2.24, 2.45) is 5.73 Å². The zero-order valence-electron chi connectivity index (χ0n) is 15.2. The van der Waals surface area contributed by atoms with Gasteiger partial charge in [-0.25, -0.2) is 0 Å². The molecule has 0 radical (unpaired) electrons. The van der Waals surface area contributed by atoms with Crippen LogP contribution >= 0.6 is 0 Å². The van der Waals surface area contributed by atoms with E-state index in [0.717, 1.165) is 31.1 Å². The predicted octanol–water partition coefficient (Wildman–Crippen LogP) is 2.38. The van der Waals surface area contributed by atoms with Gasteiger partial charge in [-0.1, -0.05) is 24.3 Å². The zero-order valence-corrected chi connectivity index (χ0v) is 15.2. The van der Waals surface area contributed by atoms with Gasteiger partial charge in [-0.3, -0.25) is 14.5 Å². The van der Waals surface area contributed by atoms with Crippen molar-refractivity contribution in [2.45, 2.75) is 25.2 Å². The Bertz CT molecular complexity index is 923. The van der Waals surface area contributed by atoms with Gasteiger partial charge in [0, 0.05) is 32.3 Å². The average molecular weight is 395 g/mol. The number of likely N-dealkylation sites (tertiary alicyclic amines) is 1. The second kappa shape index (κ2) is 7.76. The summed E-state index contributed by atoms with van der Waals surface area (Å²) in [6.07, 6.45) is -3.65. The highest BCUT2D eigenvalue weighted by Crippen LogP contribution is 2.35. The molecular weight excluding hydrogens is 375 g/mol. The van der Waals surface area contributed by atoms with Crippen LogP contribution in [0, 0.1) is 0 Å². The van der Waals surface area contributed by atoms with Crippen LogP contribution in [0.25, 0.3) is 11.1 Å². The number of carbonyl (C=O) groups excluding carboxylic acids is 1. The number of pyridine rings is 1. The Morgan fingerprint density at radius 3 is 2.54 bits per heavy atom. The van der Waals surface area contributed by atoms with Gasteiger partial charge in [0.2, 0.25) is 0 Å². The molecular formula is C19H20F3N3O3. The van der Waals surface area contributed by atoms with Crippen molar-refractivity contribution >= 4 is 5.91 Å².